The van der Waals surface area contributed by atoms with E-state index in [4.69, 9.17) is 4.74 Å². The molecule has 0 aliphatic carbocycles. The Balaban J connectivity index is 1.45. The topological polar surface area (TPSA) is 53.1 Å². The maximum absolute atomic E-state index is 13.5. The molecule has 6 nitrogen and oxygen atoms in total. The van der Waals surface area contributed by atoms with Crippen LogP contribution in [-0.4, -0.2) is 85.1 Å². The molecule has 0 bridgehead atoms. The van der Waals surface area contributed by atoms with Gasteiger partial charge in [-0.1, -0.05) is 22.0 Å². The van der Waals surface area contributed by atoms with Gasteiger partial charge in [-0.15, -0.1) is 0 Å². The Morgan fingerprint density at radius 1 is 1.24 bits per heavy atom. The van der Waals surface area contributed by atoms with Gasteiger partial charge in [-0.3, -0.25) is 14.5 Å². The van der Waals surface area contributed by atoms with Gasteiger partial charge in [0.25, 0.3) is 0 Å². The molecule has 0 N–H and O–H groups in total. The molecule has 158 valence electrons. The van der Waals surface area contributed by atoms with Gasteiger partial charge in [-0.2, -0.15) is 11.8 Å². The van der Waals surface area contributed by atoms with Gasteiger partial charge >= 0.3 is 0 Å². The number of carbonyl (C=O) groups excluding carboxylic acids is 2. The third-order valence-corrected chi connectivity index (χ3v) is 7.58. The number of hydrogen-bond acceptors (Lipinski definition) is 5. The fourth-order valence-electron chi connectivity index (χ4n) is 4.35. The van der Waals surface area contributed by atoms with Crippen molar-refractivity contribution >= 4 is 45.2 Å². The lowest BCUT2D eigenvalue weighted by molar-refractivity contribution is -0.138. The van der Waals surface area contributed by atoms with Crippen LogP contribution in [0.5, 0.6) is 0 Å². The average molecular weight is 482 g/mol. The normalized spacial score (nSPS) is 26.6. The molecule has 2 amide bonds. The molecule has 2 unspecified atom stereocenters. The largest absolute Gasteiger partial charge is 0.379 e. The molecular formula is C21H28BrN3O3S. The summed E-state index contributed by atoms with van der Waals surface area (Å²) in [6.07, 6.45) is 1.32. The molecule has 3 fully saturated rings. The molecule has 29 heavy (non-hydrogen) atoms. The minimum Gasteiger partial charge on any atom is -0.379 e. The smallest absolute Gasteiger partial charge is 0.228 e. The summed E-state index contributed by atoms with van der Waals surface area (Å²) in [6, 6.07) is 7.95. The molecule has 0 spiro atoms. The lowest BCUT2D eigenvalue weighted by Crippen LogP contribution is -2.52. The van der Waals surface area contributed by atoms with Gasteiger partial charge in [0, 0.05) is 55.1 Å². The van der Waals surface area contributed by atoms with Crippen molar-refractivity contribution in [2.24, 2.45) is 5.92 Å². The molecule has 0 saturated carbocycles. The second kappa shape index (κ2) is 9.81. The number of anilines is 1. The van der Waals surface area contributed by atoms with Crippen LogP contribution < -0.4 is 4.90 Å². The van der Waals surface area contributed by atoms with Crippen LogP contribution in [0.3, 0.4) is 0 Å². The van der Waals surface area contributed by atoms with Crippen molar-refractivity contribution in [3.63, 3.8) is 0 Å². The van der Waals surface area contributed by atoms with Crippen molar-refractivity contribution in [1.29, 1.82) is 0 Å². The minimum absolute atomic E-state index is 0.0374. The molecule has 3 heterocycles. The van der Waals surface area contributed by atoms with Crippen LogP contribution in [0, 0.1) is 5.92 Å². The van der Waals surface area contributed by atoms with E-state index in [1.165, 1.54) is 0 Å². The summed E-state index contributed by atoms with van der Waals surface area (Å²) >= 11 is 5.41. The van der Waals surface area contributed by atoms with E-state index < -0.39 is 0 Å². The van der Waals surface area contributed by atoms with Crippen molar-refractivity contribution in [2.75, 3.05) is 62.3 Å². The third kappa shape index (κ3) is 5.16. The summed E-state index contributed by atoms with van der Waals surface area (Å²) in [5, 5.41) is 0. The molecule has 2 atom stereocenters. The van der Waals surface area contributed by atoms with Gasteiger partial charge in [0.2, 0.25) is 11.8 Å². The lowest BCUT2D eigenvalue weighted by Gasteiger charge is -2.36. The molecular weight excluding hydrogens is 454 g/mol. The highest BCUT2D eigenvalue weighted by atomic mass is 79.9. The van der Waals surface area contributed by atoms with E-state index in [0.29, 0.717) is 13.0 Å². The summed E-state index contributed by atoms with van der Waals surface area (Å²) in [5.74, 6) is 2.00. The maximum atomic E-state index is 13.5. The molecule has 4 rings (SSSR count). The highest BCUT2D eigenvalue weighted by Gasteiger charge is 2.39. The second-order valence-electron chi connectivity index (χ2n) is 7.91. The van der Waals surface area contributed by atoms with Crippen molar-refractivity contribution in [1.82, 2.24) is 9.80 Å². The first-order chi connectivity index (χ1) is 14.1. The predicted molar refractivity (Wildman–Crippen MR) is 119 cm³/mol. The molecule has 8 heteroatoms. The van der Waals surface area contributed by atoms with E-state index in [2.05, 4.69) is 25.7 Å². The van der Waals surface area contributed by atoms with Gasteiger partial charge in [-0.25, -0.2) is 0 Å². The fraction of sp³-hybridized carbons (Fsp3) is 0.619. The number of halogens is 1. The Hall–Kier alpha value is -1.09. The zero-order valence-electron chi connectivity index (χ0n) is 16.6. The molecule has 3 aliphatic rings. The van der Waals surface area contributed by atoms with Gasteiger partial charge < -0.3 is 14.5 Å². The molecule has 0 aromatic heterocycles. The summed E-state index contributed by atoms with van der Waals surface area (Å²) in [4.78, 5) is 32.4. The number of thioether (sulfide) groups is 1. The summed E-state index contributed by atoms with van der Waals surface area (Å²) in [6.45, 7) is 5.57. The first-order valence-electron chi connectivity index (χ1n) is 10.4. The van der Waals surface area contributed by atoms with Crippen molar-refractivity contribution in [3.8, 4) is 0 Å². The van der Waals surface area contributed by atoms with Crippen LogP contribution in [0.2, 0.25) is 0 Å². The van der Waals surface area contributed by atoms with E-state index in [1.54, 1.807) is 4.90 Å². The number of nitrogens with zero attached hydrogens (tertiary/aromatic N) is 3. The van der Waals surface area contributed by atoms with Crippen molar-refractivity contribution in [3.05, 3.63) is 28.7 Å². The van der Waals surface area contributed by atoms with E-state index in [-0.39, 0.29) is 23.8 Å². The number of morpholine rings is 1. The van der Waals surface area contributed by atoms with E-state index in [0.717, 1.165) is 67.5 Å². The van der Waals surface area contributed by atoms with Crippen molar-refractivity contribution in [2.45, 2.75) is 18.9 Å². The number of amides is 2. The Kier molecular flexibility index (Phi) is 7.16. The van der Waals surface area contributed by atoms with Crippen LogP contribution >= 0.6 is 27.7 Å². The predicted octanol–water partition coefficient (Wildman–Crippen LogP) is 2.47. The zero-order chi connectivity index (χ0) is 20.2. The van der Waals surface area contributed by atoms with Crippen LogP contribution in [0.4, 0.5) is 5.69 Å². The second-order valence-corrected chi connectivity index (χ2v) is 9.98. The first-order valence-corrected chi connectivity index (χ1v) is 12.3. The molecule has 1 aromatic carbocycles. The average Bonchev–Trinajstić information content (AvgIpc) is 2.97. The van der Waals surface area contributed by atoms with E-state index in [9.17, 15) is 9.59 Å². The minimum atomic E-state index is -0.253. The Bertz CT molecular complexity index is 744. The SMILES string of the molecule is O=C1CC(C(=O)N2CCCSCC2CN2CCOCC2)CN1c1cccc(Br)c1. The van der Waals surface area contributed by atoms with Crippen LogP contribution in [0.15, 0.2) is 28.7 Å². The fourth-order valence-corrected chi connectivity index (χ4v) is 5.80. The zero-order valence-corrected chi connectivity index (χ0v) is 19.0. The molecule has 0 radical (unpaired) electrons. The summed E-state index contributed by atoms with van der Waals surface area (Å²) in [7, 11) is 0. The maximum Gasteiger partial charge on any atom is 0.228 e. The number of benzene rings is 1. The first kappa shape index (κ1) is 21.2. The highest BCUT2D eigenvalue weighted by Crippen LogP contribution is 2.29. The Labute approximate surface area is 185 Å². The number of hydrogen-bond donors (Lipinski definition) is 0. The number of carbonyl (C=O) groups is 2. The highest BCUT2D eigenvalue weighted by molar-refractivity contribution is 9.10. The summed E-state index contributed by atoms with van der Waals surface area (Å²) < 4.78 is 6.41. The molecule has 1 aromatic rings. The van der Waals surface area contributed by atoms with Gasteiger partial charge in [0.05, 0.1) is 25.2 Å². The number of rotatable bonds is 4. The van der Waals surface area contributed by atoms with Gasteiger partial charge in [-0.05, 0) is 30.4 Å². The van der Waals surface area contributed by atoms with Gasteiger partial charge in [0.1, 0.15) is 0 Å². The summed E-state index contributed by atoms with van der Waals surface area (Å²) in [5.41, 5.74) is 0.857. The van der Waals surface area contributed by atoms with Crippen LogP contribution in [0.25, 0.3) is 0 Å². The van der Waals surface area contributed by atoms with Crippen LogP contribution in [-0.2, 0) is 14.3 Å². The number of ether oxygens (including phenoxy) is 1. The lowest BCUT2D eigenvalue weighted by atomic mass is 10.1. The van der Waals surface area contributed by atoms with E-state index in [1.807, 2.05) is 36.0 Å². The third-order valence-electron chi connectivity index (χ3n) is 5.89. The van der Waals surface area contributed by atoms with Crippen LogP contribution in [0.1, 0.15) is 12.8 Å². The Morgan fingerprint density at radius 3 is 2.86 bits per heavy atom. The standard InChI is InChI=1S/C21H28BrN3O3S/c22-17-3-1-4-18(12-17)25-13-16(11-20(25)26)21(27)24-5-2-10-29-15-19(24)14-23-6-8-28-9-7-23/h1,3-4,12,16,19H,2,5-11,13-15H2. The van der Waals surface area contributed by atoms with Gasteiger partial charge in [0.15, 0.2) is 0 Å². The molecule has 3 aliphatic heterocycles. The Morgan fingerprint density at radius 2 is 2.07 bits per heavy atom. The van der Waals surface area contributed by atoms with E-state index >= 15 is 0 Å². The quantitative estimate of drug-likeness (QED) is 0.660. The monoisotopic (exact) mass is 481 g/mol. The van der Waals surface area contributed by atoms with Crippen molar-refractivity contribution < 1.29 is 14.3 Å². The molecule has 3 saturated heterocycles.